The fourth-order valence-electron chi connectivity index (χ4n) is 0. The summed E-state index contributed by atoms with van der Waals surface area (Å²) < 4.78 is 0. The summed E-state index contributed by atoms with van der Waals surface area (Å²) >= 11 is 0. The van der Waals surface area contributed by atoms with Gasteiger partial charge in [0.1, 0.15) is 0 Å². The van der Waals surface area contributed by atoms with E-state index in [0.717, 1.165) is 0 Å². The molecule has 88 valence electrons. The Labute approximate surface area is 142 Å². The topological polar surface area (TPSA) is 330 Å². The summed E-state index contributed by atoms with van der Waals surface area (Å²) in [6, 6.07) is 0. The van der Waals surface area contributed by atoms with Gasteiger partial charge in [0, 0.05) is 0 Å². The van der Waals surface area contributed by atoms with Crippen molar-refractivity contribution >= 4 is 0 Å². The molecule has 0 aliphatic heterocycles. The van der Waals surface area contributed by atoms with Crippen LogP contribution in [-0.4, -0.2) is 60.2 Å². The fourth-order valence-corrected chi connectivity index (χ4v) is 0. The minimum absolute atomic E-state index is 0. The van der Waals surface area contributed by atoms with Crippen LogP contribution in [0.2, 0.25) is 0 Å². The summed E-state index contributed by atoms with van der Waals surface area (Å²) in [5.41, 5.74) is 0. The molecule has 0 saturated heterocycles. The molecule has 0 radical (unpaired) electrons. The van der Waals surface area contributed by atoms with E-state index < -0.39 is 0 Å². The van der Waals surface area contributed by atoms with Crippen molar-refractivity contribution in [3.05, 3.63) is 0 Å². The van der Waals surface area contributed by atoms with Gasteiger partial charge in [-0.2, -0.15) is 0 Å². The van der Waals surface area contributed by atoms with Gasteiger partial charge in [0.25, 0.3) is 0 Å². The van der Waals surface area contributed by atoms with Crippen LogP contribution >= 0.6 is 0 Å². The first-order valence-corrected chi connectivity index (χ1v) is 0. The van der Waals surface area contributed by atoms with Gasteiger partial charge in [-0.3, -0.25) is 0 Å². The summed E-state index contributed by atoms with van der Waals surface area (Å²) in [6.45, 7) is 0. The maximum Gasteiger partial charge on any atom is 4.00 e. The first-order valence-electron chi connectivity index (χ1n) is 0. The molecular formula is H11LaO11TiZr. The normalized spacial score (nSPS) is 0. The molecule has 0 fully saturated rings. The van der Waals surface area contributed by atoms with Gasteiger partial charge >= 0.3 is 83.5 Å². The summed E-state index contributed by atoms with van der Waals surface area (Å²) in [4.78, 5) is 0. The monoisotopic (exact) mass is 464 g/mol. The second-order valence-electron chi connectivity index (χ2n) is 0. The van der Waals surface area contributed by atoms with Gasteiger partial charge < -0.3 is 60.2 Å². The molecule has 11 nitrogen and oxygen atoms in total. The summed E-state index contributed by atoms with van der Waals surface area (Å²) in [5, 5.41) is 0. The molecule has 0 unspecified atom stereocenters. The van der Waals surface area contributed by atoms with E-state index in [4.69, 9.17) is 0 Å². The third kappa shape index (κ3) is 462. The third-order valence-electron chi connectivity index (χ3n) is 0. The molecule has 14 heteroatoms. The largest absolute Gasteiger partial charge is 4.00 e. The molecule has 0 spiro atoms. The molecular weight excluding hydrogens is 454 g/mol. The number of hydrogen-bond donors (Lipinski definition) is 0. The summed E-state index contributed by atoms with van der Waals surface area (Å²) in [6.07, 6.45) is 0. The van der Waals surface area contributed by atoms with Crippen LogP contribution < -0.4 is 0 Å². The smallest absolute Gasteiger partial charge is 0.870 e. The SMILES string of the molecule is [La+3].[OH-].[OH-].[OH-].[OH-].[OH-].[OH-].[OH-].[OH-].[OH-].[OH-].[OH-].[Ti+4].[Zr+4]. The molecule has 14 heavy (non-hydrogen) atoms. The Morgan fingerprint density at radius 2 is 0.286 bits per heavy atom. The van der Waals surface area contributed by atoms with Crippen molar-refractivity contribution < 1.29 is 144 Å². The van der Waals surface area contributed by atoms with Gasteiger partial charge in [-0.25, -0.2) is 0 Å². The van der Waals surface area contributed by atoms with E-state index in [1.807, 2.05) is 0 Å². The van der Waals surface area contributed by atoms with E-state index in [1.54, 1.807) is 0 Å². The maximum absolute atomic E-state index is 0. The molecule has 0 aliphatic carbocycles. The molecule has 0 bridgehead atoms. The Morgan fingerprint density at radius 3 is 0.286 bits per heavy atom. The van der Waals surface area contributed by atoms with Gasteiger partial charge in [-0.15, -0.1) is 0 Å². The Kier molecular flexibility index (Phi) is 28400. The molecule has 0 aromatic heterocycles. The van der Waals surface area contributed by atoms with Crippen LogP contribution in [0.4, 0.5) is 0 Å². The zero-order chi connectivity index (χ0) is 0. The van der Waals surface area contributed by atoms with Crippen molar-refractivity contribution in [2.75, 3.05) is 0 Å². The molecule has 0 aliphatic rings. The first kappa shape index (κ1) is 697. The first-order chi connectivity index (χ1) is 0. The van der Waals surface area contributed by atoms with Gasteiger partial charge in [0.15, 0.2) is 0 Å². The van der Waals surface area contributed by atoms with E-state index >= 15 is 0 Å². The minimum atomic E-state index is 0. The predicted octanol–water partition coefficient (Wildman–Crippen LogP) is -1.95. The molecule has 0 aromatic carbocycles. The summed E-state index contributed by atoms with van der Waals surface area (Å²) in [5.74, 6) is 0. The number of hydrogen-bond acceptors (Lipinski definition) is 11. The Balaban J connectivity index is 0. The number of rotatable bonds is 0. The van der Waals surface area contributed by atoms with Crippen LogP contribution in [0, 0.1) is 35.6 Å². The van der Waals surface area contributed by atoms with Crippen molar-refractivity contribution in [1.29, 1.82) is 0 Å². The maximum atomic E-state index is 0. The Morgan fingerprint density at radius 1 is 0.286 bits per heavy atom. The molecule has 0 heterocycles. The van der Waals surface area contributed by atoms with Crippen LogP contribution in [0.25, 0.3) is 0 Å². The Bertz CT molecular complexity index is 15.2. The molecule has 0 amide bonds. The molecule has 0 aromatic rings. The van der Waals surface area contributed by atoms with Crippen molar-refractivity contribution in [3.8, 4) is 0 Å². The van der Waals surface area contributed by atoms with E-state index in [9.17, 15) is 0 Å². The standard InChI is InChI=1S/La.11H2O.Ti.Zr/h;11*1H2;;/q+3;;;;;;;;;;;;2*+4/p-11. The predicted molar refractivity (Wildman–Crippen MR) is 21.3 cm³/mol. The van der Waals surface area contributed by atoms with Crippen molar-refractivity contribution in [2.24, 2.45) is 0 Å². The second-order valence-corrected chi connectivity index (χ2v) is 0. The molecule has 0 atom stereocenters. The minimum Gasteiger partial charge on any atom is -0.870 e. The zero-order valence-electron chi connectivity index (χ0n) is 6.50. The van der Waals surface area contributed by atoms with Crippen molar-refractivity contribution in [2.45, 2.75) is 0 Å². The van der Waals surface area contributed by atoms with Gasteiger partial charge in [0.05, 0.1) is 0 Å². The van der Waals surface area contributed by atoms with Crippen LogP contribution in [0.3, 0.4) is 0 Å². The molecule has 0 rings (SSSR count). The quantitative estimate of drug-likeness (QED) is 0.354. The van der Waals surface area contributed by atoms with E-state index in [0.29, 0.717) is 0 Å². The average Bonchev–Trinajstić information content (AvgIpc) is 0. The van der Waals surface area contributed by atoms with Gasteiger partial charge in [-0.1, -0.05) is 0 Å². The van der Waals surface area contributed by atoms with E-state index in [2.05, 4.69) is 0 Å². The van der Waals surface area contributed by atoms with E-state index in [1.165, 1.54) is 0 Å². The Hall–Kier alpha value is 2.35. The fraction of sp³-hybridized carbons (Fsp3) is 0. The molecule has 0 saturated carbocycles. The zero-order valence-corrected chi connectivity index (χ0v) is 14.1. The van der Waals surface area contributed by atoms with Crippen LogP contribution in [-0.2, 0) is 47.9 Å². The van der Waals surface area contributed by atoms with E-state index in [-0.39, 0.29) is 144 Å². The average molecular weight is 465 g/mol. The summed E-state index contributed by atoms with van der Waals surface area (Å²) in [7, 11) is 0. The van der Waals surface area contributed by atoms with Crippen LogP contribution in [0.1, 0.15) is 0 Å². The van der Waals surface area contributed by atoms with Crippen molar-refractivity contribution in [3.63, 3.8) is 0 Å². The third-order valence-corrected chi connectivity index (χ3v) is 0. The van der Waals surface area contributed by atoms with Gasteiger partial charge in [0.2, 0.25) is 0 Å². The second kappa shape index (κ2) is 572. The van der Waals surface area contributed by atoms with Crippen LogP contribution in [0.15, 0.2) is 0 Å². The van der Waals surface area contributed by atoms with Crippen LogP contribution in [0.5, 0.6) is 0 Å². The van der Waals surface area contributed by atoms with Crippen molar-refractivity contribution in [1.82, 2.24) is 0 Å². The molecule has 11 N–H and O–H groups in total. The van der Waals surface area contributed by atoms with Gasteiger partial charge in [-0.05, 0) is 0 Å².